The lowest BCUT2D eigenvalue weighted by Gasteiger charge is -2.27. The van der Waals surface area contributed by atoms with Crippen LogP contribution < -0.4 is 5.32 Å². The fourth-order valence-corrected chi connectivity index (χ4v) is 1.87. The van der Waals surface area contributed by atoms with Gasteiger partial charge in [-0.15, -0.1) is 0 Å². The Morgan fingerprint density at radius 2 is 2.21 bits per heavy atom. The monoisotopic (exact) mass is 199 g/mol. The number of rotatable bonds is 3. The Morgan fingerprint density at radius 3 is 2.79 bits per heavy atom. The molecule has 0 amide bonds. The van der Waals surface area contributed by atoms with Gasteiger partial charge in [-0.25, -0.2) is 0 Å². The number of likely N-dealkylation sites (N-methyl/N-ethyl adjacent to an activating group) is 1. The van der Waals surface area contributed by atoms with E-state index in [1.54, 1.807) is 7.05 Å². The molecular weight excluding hydrogens is 178 g/mol. The number of hydrogen-bond acceptors (Lipinski definition) is 3. The van der Waals surface area contributed by atoms with Crippen molar-refractivity contribution in [1.29, 1.82) is 0 Å². The second-order valence-corrected chi connectivity index (χ2v) is 4.34. The van der Waals surface area contributed by atoms with Gasteiger partial charge >= 0.3 is 5.97 Å². The van der Waals surface area contributed by atoms with Crippen LogP contribution in [0.1, 0.15) is 39.5 Å². The number of hydrogen-bond donors (Lipinski definition) is 1. The highest BCUT2D eigenvalue weighted by Gasteiger charge is 2.23. The van der Waals surface area contributed by atoms with E-state index in [9.17, 15) is 4.79 Å². The minimum absolute atomic E-state index is 0.119. The topological polar surface area (TPSA) is 38.3 Å². The van der Waals surface area contributed by atoms with E-state index in [0.29, 0.717) is 5.92 Å². The van der Waals surface area contributed by atoms with Gasteiger partial charge in [0, 0.05) is 0 Å². The van der Waals surface area contributed by atoms with Crippen LogP contribution >= 0.6 is 0 Å². The Kier molecular flexibility index (Phi) is 4.39. The molecule has 0 bridgehead atoms. The van der Waals surface area contributed by atoms with E-state index in [1.807, 2.05) is 6.92 Å². The third-order valence-electron chi connectivity index (χ3n) is 2.96. The van der Waals surface area contributed by atoms with Gasteiger partial charge in [-0.2, -0.15) is 0 Å². The second kappa shape index (κ2) is 5.35. The first-order chi connectivity index (χ1) is 6.63. The molecule has 0 spiro atoms. The van der Waals surface area contributed by atoms with Gasteiger partial charge in [0.1, 0.15) is 12.1 Å². The lowest BCUT2D eigenvalue weighted by molar-refractivity contribution is -0.153. The molecule has 3 nitrogen and oxygen atoms in total. The first-order valence-electron chi connectivity index (χ1n) is 5.51. The smallest absolute Gasteiger partial charge is 0.323 e. The molecule has 0 radical (unpaired) electrons. The van der Waals surface area contributed by atoms with E-state index < -0.39 is 0 Å². The number of carbonyl (C=O) groups is 1. The fraction of sp³-hybridized carbons (Fsp3) is 0.909. The lowest BCUT2D eigenvalue weighted by atomic mass is 9.89. The summed E-state index contributed by atoms with van der Waals surface area (Å²) in [5, 5.41) is 2.89. The zero-order valence-electron chi connectivity index (χ0n) is 9.38. The summed E-state index contributed by atoms with van der Waals surface area (Å²) in [5.41, 5.74) is 0. The van der Waals surface area contributed by atoms with Crippen molar-refractivity contribution in [3.8, 4) is 0 Å². The molecule has 0 aromatic rings. The standard InChI is InChI=1S/C11H21NO2/c1-8-5-4-6-10(7-8)14-11(13)9(2)12-3/h8-10,12H,4-7H2,1-3H3. The Bertz CT molecular complexity index is 194. The lowest BCUT2D eigenvalue weighted by Crippen LogP contribution is -2.36. The van der Waals surface area contributed by atoms with Crippen LogP contribution in [0.5, 0.6) is 0 Å². The number of nitrogens with one attached hydrogen (secondary N) is 1. The molecule has 0 aromatic carbocycles. The third-order valence-corrected chi connectivity index (χ3v) is 2.96. The maximum Gasteiger partial charge on any atom is 0.323 e. The van der Waals surface area contributed by atoms with E-state index in [-0.39, 0.29) is 18.1 Å². The van der Waals surface area contributed by atoms with Gasteiger partial charge in [0.15, 0.2) is 0 Å². The number of esters is 1. The molecule has 3 unspecified atom stereocenters. The summed E-state index contributed by atoms with van der Waals surface area (Å²) >= 11 is 0. The molecular formula is C11H21NO2. The average Bonchev–Trinajstić information content (AvgIpc) is 2.16. The van der Waals surface area contributed by atoms with Crippen molar-refractivity contribution < 1.29 is 9.53 Å². The molecule has 1 fully saturated rings. The van der Waals surface area contributed by atoms with Crippen molar-refractivity contribution in [3.63, 3.8) is 0 Å². The normalized spacial score (nSPS) is 29.6. The summed E-state index contributed by atoms with van der Waals surface area (Å²) in [7, 11) is 1.77. The summed E-state index contributed by atoms with van der Waals surface area (Å²) in [6.07, 6.45) is 4.68. The van der Waals surface area contributed by atoms with Crippen LogP contribution in [0.15, 0.2) is 0 Å². The van der Waals surface area contributed by atoms with Gasteiger partial charge in [-0.05, 0) is 39.2 Å². The molecule has 1 aliphatic carbocycles. The van der Waals surface area contributed by atoms with E-state index in [2.05, 4.69) is 12.2 Å². The van der Waals surface area contributed by atoms with Crippen molar-refractivity contribution in [2.24, 2.45) is 5.92 Å². The molecule has 1 N–H and O–H groups in total. The molecule has 82 valence electrons. The van der Waals surface area contributed by atoms with Gasteiger partial charge in [0.05, 0.1) is 0 Å². The minimum Gasteiger partial charge on any atom is -0.461 e. The number of ether oxygens (including phenoxy) is 1. The zero-order valence-corrected chi connectivity index (χ0v) is 9.38. The molecule has 0 saturated heterocycles. The maximum absolute atomic E-state index is 11.5. The molecule has 1 aliphatic rings. The van der Waals surface area contributed by atoms with Crippen molar-refractivity contribution in [2.75, 3.05) is 7.05 Å². The fourth-order valence-electron chi connectivity index (χ4n) is 1.87. The largest absolute Gasteiger partial charge is 0.461 e. The van der Waals surface area contributed by atoms with Gasteiger partial charge < -0.3 is 10.1 Å². The van der Waals surface area contributed by atoms with Crippen LogP contribution in [0.4, 0.5) is 0 Å². The van der Waals surface area contributed by atoms with Crippen molar-refractivity contribution in [3.05, 3.63) is 0 Å². The Hall–Kier alpha value is -0.570. The molecule has 14 heavy (non-hydrogen) atoms. The van der Waals surface area contributed by atoms with E-state index >= 15 is 0 Å². The van der Waals surface area contributed by atoms with Gasteiger partial charge in [0.25, 0.3) is 0 Å². The quantitative estimate of drug-likeness (QED) is 0.703. The van der Waals surface area contributed by atoms with Crippen LogP contribution in [-0.4, -0.2) is 25.2 Å². The Balaban J connectivity index is 2.32. The van der Waals surface area contributed by atoms with Gasteiger partial charge in [0.2, 0.25) is 0 Å². The predicted molar refractivity (Wildman–Crippen MR) is 56.0 cm³/mol. The van der Waals surface area contributed by atoms with Crippen LogP contribution in [0.25, 0.3) is 0 Å². The summed E-state index contributed by atoms with van der Waals surface area (Å²) in [4.78, 5) is 11.5. The molecule has 1 saturated carbocycles. The summed E-state index contributed by atoms with van der Waals surface area (Å²) in [5.74, 6) is 0.582. The maximum atomic E-state index is 11.5. The SMILES string of the molecule is CNC(C)C(=O)OC1CCCC(C)C1. The molecule has 0 heterocycles. The third kappa shape index (κ3) is 3.29. The van der Waals surface area contributed by atoms with E-state index in [4.69, 9.17) is 4.74 Å². The highest BCUT2D eigenvalue weighted by atomic mass is 16.5. The first-order valence-corrected chi connectivity index (χ1v) is 5.51. The van der Waals surface area contributed by atoms with E-state index in [0.717, 1.165) is 12.8 Å². The van der Waals surface area contributed by atoms with Crippen molar-refractivity contribution in [2.45, 2.75) is 51.7 Å². The van der Waals surface area contributed by atoms with Gasteiger partial charge in [-0.3, -0.25) is 4.79 Å². The Morgan fingerprint density at radius 1 is 1.50 bits per heavy atom. The Labute approximate surface area is 86.2 Å². The molecule has 3 heteroatoms. The first kappa shape index (κ1) is 11.5. The van der Waals surface area contributed by atoms with Crippen LogP contribution in [0.3, 0.4) is 0 Å². The molecule has 0 aromatic heterocycles. The average molecular weight is 199 g/mol. The molecule has 0 aliphatic heterocycles. The van der Waals surface area contributed by atoms with Crippen molar-refractivity contribution >= 4 is 5.97 Å². The highest BCUT2D eigenvalue weighted by molar-refractivity contribution is 5.75. The zero-order chi connectivity index (χ0) is 10.6. The number of carbonyl (C=O) groups excluding carboxylic acids is 1. The predicted octanol–water partition coefficient (Wildman–Crippen LogP) is 1.72. The minimum atomic E-state index is -0.188. The summed E-state index contributed by atoms with van der Waals surface area (Å²) < 4.78 is 5.41. The molecule has 3 atom stereocenters. The summed E-state index contributed by atoms with van der Waals surface area (Å²) in [6, 6.07) is -0.188. The van der Waals surface area contributed by atoms with Crippen molar-refractivity contribution in [1.82, 2.24) is 5.32 Å². The summed E-state index contributed by atoms with van der Waals surface area (Å²) in [6.45, 7) is 4.05. The van der Waals surface area contributed by atoms with Gasteiger partial charge in [-0.1, -0.05) is 13.3 Å². The molecule has 1 rings (SSSR count). The van der Waals surface area contributed by atoms with Crippen LogP contribution in [0, 0.1) is 5.92 Å². The van der Waals surface area contributed by atoms with Crippen LogP contribution in [-0.2, 0) is 9.53 Å². The van der Waals surface area contributed by atoms with E-state index in [1.165, 1.54) is 12.8 Å². The van der Waals surface area contributed by atoms with Crippen LogP contribution in [0.2, 0.25) is 0 Å². The highest BCUT2D eigenvalue weighted by Crippen LogP contribution is 2.25. The second-order valence-electron chi connectivity index (χ2n) is 4.34.